The van der Waals surface area contributed by atoms with Crippen molar-refractivity contribution in [3.63, 3.8) is 0 Å². The van der Waals surface area contributed by atoms with E-state index in [9.17, 15) is 14.0 Å². The van der Waals surface area contributed by atoms with Crippen molar-refractivity contribution in [1.82, 2.24) is 0 Å². The molecule has 142 valence electrons. The van der Waals surface area contributed by atoms with Crippen molar-refractivity contribution in [2.24, 2.45) is 0 Å². The van der Waals surface area contributed by atoms with Crippen LogP contribution in [0, 0.1) is 5.82 Å². The minimum absolute atomic E-state index is 0.144. The molecule has 1 N–H and O–H groups in total. The van der Waals surface area contributed by atoms with Gasteiger partial charge in [-0.05, 0) is 56.4 Å². The van der Waals surface area contributed by atoms with E-state index >= 15 is 0 Å². The highest BCUT2D eigenvalue weighted by atomic mass is 35.5. The Morgan fingerprint density at radius 1 is 1.33 bits per heavy atom. The van der Waals surface area contributed by atoms with E-state index in [0.717, 1.165) is 36.1 Å². The number of rotatable bonds is 5. The van der Waals surface area contributed by atoms with Crippen LogP contribution in [-0.4, -0.2) is 18.5 Å². The molecule has 0 radical (unpaired) electrons. The van der Waals surface area contributed by atoms with Crippen molar-refractivity contribution in [2.75, 3.05) is 11.9 Å². The van der Waals surface area contributed by atoms with Gasteiger partial charge in [-0.2, -0.15) is 0 Å². The number of aryl methyl sites for hydroxylation is 1. The van der Waals surface area contributed by atoms with E-state index in [4.69, 9.17) is 16.3 Å². The summed E-state index contributed by atoms with van der Waals surface area (Å²) in [5.41, 5.74) is 1.56. The normalized spacial score (nSPS) is 13.4. The number of anilines is 1. The Labute approximate surface area is 166 Å². The van der Waals surface area contributed by atoms with E-state index in [2.05, 4.69) is 5.32 Å². The highest BCUT2D eigenvalue weighted by Gasteiger charge is 2.26. The lowest BCUT2D eigenvalue weighted by Crippen LogP contribution is -2.14. The second kappa shape index (κ2) is 8.67. The zero-order valence-electron chi connectivity index (χ0n) is 14.8. The molecule has 7 heteroatoms. The highest BCUT2D eigenvalue weighted by molar-refractivity contribution is 7.17. The van der Waals surface area contributed by atoms with Gasteiger partial charge in [0.2, 0.25) is 5.91 Å². The molecule has 0 unspecified atom stereocenters. The quantitative estimate of drug-likeness (QED) is 0.544. The van der Waals surface area contributed by atoms with Crippen molar-refractivity contribution >= 4 is 45.9 Å². The van der Waals surface area contributed by atoms with Crippen LogP contribution in [0.2, 0.25) is 5.02 Å². The molecular formula is C20H19ClFNO3S. The third-order valence-electron chi connectivity index (χ3n) is 4.29. The van der Waals surface area contributed by atoms with Gasteiger partial charge in [-0.25, -0.2) is 9.18 Å². The standard InChI is InChI=1S/C20H19ClFNO3S/c1-2-26-20(25)18-13-6-3-4-9-16(13)27-19(18)23-17(24)11-10-12-14(21)7-5-8-15(12)22/h5,7-8,10-11H,2-4,6,9H2,1H3,(H,23,24)/b11-10+. The lowest BCUT2D eigenvalue weighted by Gasteiger charge is -2.12. The van der Waals surface area contributed by atoms with Gasteiger partial charge in [0.1, 0.15) is 10.8 Å². The maximum atomic E-state index is 13.8. The fourth-order valence-electron chi connectivity index (χ4n) is 3.06. The molecule has 0 fully saturated rings. The van der Waals surface area contributed by atoms with Crippen LogP contribution >= 0.6 is 22.9 Å². The number of thiophene rings is 1. The second-order valence-corrected chi connectivity index (χ2v) is 7.61. The van der Waals surface area contributed by atoms with Crippen LogP contribution in [0.5, 0.6) is 0 Å². The van der Waals surface area contributed by atoms with Crippen molar-refractivity contribution in [2.45, 2.75) is 32.6 Å². The van der Waals surface area contributed by atoms with Gasteiger partial charge in [0.25, 0.3) is 0 Å². The van der Waals surface area contributed by atoms with Crippen LogP contribution in [0.1, 0.15) is 46.1 Å². The van der Waals surface area contributed by atoms with E-state index in [0.29, 0.717) is 10.6 Å². The molecule has 1 aromatic heterocycles. The van der Waals surface area contributed by atoms with E-state index < -0.39 is 17.7 Å². The maximum Gasteiger partial charge on any atom is 0.341 e. The number of carbonyl (C=O) groups excluding carboxylic acids is 2. The minimum atomic E-state index is -0.509. The average molecular weight is 408 g/mol. The van der Waals surface area contributed by atoms with E-state index in [1.807, 2.05) is 0 Å². The number of ether oxygens (including phenoxy) is 1. The molecule has 0 spiro atoms. The van der Waals surface area contributed by atoms with Gasteiger partial charge in [0, 0.05) is 16.5 Å². The van der Waals surface area contributed by atoms with Gasteiger partial charge in [-0.15, -0.1) is 11.3 Å². The first-order valence-electron chi connectivity index (χ1n) is 8.76. The molecule has 1 aliphatic rings. The molecule has 3 rings (SSSR count). The van der Waals surface area contributed by atoms with E-state index in [1.54, 1.807) is 13.0 Å². The molecule has 4 nitrogen and oxygen atoms in total. The summed E-state index contributed by atoms with van der Waals surface area (Å²) in [6.07, 6.45) is 6.30. The fourth-order valence-corrected chi connectivity index (χ4v) is 4.56. The van der Waals surface area contributed by atoms with Crippen molar-refractivity contribution in [3.05, 3.63) is 56.7 Å². The minimum Gasteiger partial charge on any atom is -0.462 e. The average Bonchev–Trinajstić information content (AvgIpc) is 2.99. The Hall–Kier alpha value is -2.18. The number of benzene rings is 1. The molecular weight excluding hydrogens is 389 g/mol. The second-order valence-electron chi connectivity index (χ2n) is 6.09. The molecule has 2 aromatic rings. The topological polar surface area (TPSA) is 55.4 Å². The number of fused-ring (bicyclic) bond motifs is 1. The molecule has 0 saturated carbocycles. The van der Waals surface area contributed by atoms with Gasteiger partial charge >= 0.3 is 5.97 Å². The molecule has 0 saturated heterocycles. The van der Waals surface area contributed by atoms with Crippen LogP contribution < -0.4 is 5.32 Å². The van der Waals surface area contributed by atoms with Crippen molar-refractivity contribution in [3.8, 4) is 0 Å². The summed E-state index contributed by atoms with van der Waals surface area (Å²) in [5, 5.41) is 3.44. The largest absolute Gasteiger partial charge is 0.462 e. The number of amides is 1. The third kappa shape index (κ3) is 4.39. The number of hydrogen-bond acceptors (Lipinski definition) is 4. The SMILES string of the molecule is CCOC(=O)c1c(NC(=O)/C=C/c2c(F)cccc2Cl)sc2c1CCCC2. The van der Waals surface area contributed by atoms with E-state index in [-0.39, 0.29) is 17.2 Å². The third-order valence-corrected chi connectivity index (χ3v) is 5.83. The van der Waals surface area contributed by atoms with Crippen LogP contribution in [0.4, 0.5) is 9.39 Å². The van der Waals surface area contributed by atoms with Crippen molar-refractivity contribution < 1.29 is 18.7 Å². The summed E-state index contributed by atoms with van der Waals surface area (Å²) in [7, 11) is 0. The van der Waals surface area contributed by atoms with Crippen molar-refractivity contribution in [1.29, 1.82) is 0 Å². The number of halogens is 2. The molecule has 0 aliphatic heterocycles. The smallest absolute Gasteiger partial charge is 0.341 e. The molecule has 0 atom stereocenters. The first-order valence-corrected chi connectivity index (χ1v) is 9.95. The van der Waals surface area contributed by atoms with Crippen LogP contribution in [-0.2, 0) is 22.4 Å². The molecule has 1 aromatic carbocycles. The first-order chi connectivity index (χ1) is 13.0. The van der Waals surface area contributed by atoms with Gasteiger partial charge in [0.05, 0.1) is 17.2 Å². The molecule has 27 heavy (non-hydrogen) atoms. The molecule has 1 heterocycles. The number of esters is 1. The van der Waals surface area contributed by atoms with Gasteiger partial charge in [-0.3, -0.25) is 4.79 Å². The van der Waals surface area contributed by atoms with Crippen LogP contribution in [0.15, 0.2) is 24.3 Å². The zero-order chi connectivity index (χ0) is 19.4. The molecule has 1 aliphatic carbocycles. The van der Waals surface area contributed by atoms with E-state index in [1.165, 1.54) is 35.6 Å². The predicted octanol–water partition coefficient (Wildman–Crippen LogP) is 5.25. The summed E-state index contributed by atoms with van der Waals surface area (Å²) < 4.78 is 19.0. The Balaban J connectivity index is 1.84. The molecule has 0 bridgehead atoms. The summed E-state index contributed by atoms with van der Waals surface area (Å²) in [4.78, 5) is 25.9. The Morgan fingerprint density at radius 2 is 2.11 bits per heavy atom. The number of nitrogens with one attached hydrogen (secondary N) is 1. The first kappa shape index (κ1) is 19.6. The summed E-state index contributed by atoms with van der Waals surface area (Å²) >= 11 is 7.37. The number of carbonyl (C=O) groups is 2. The van der Waals surface area contributed by atoms with Gasteiger partial charge in [-0.1, -0.05) is 17.7 Å². The maximum absolute atomic E-state index is 13.8. The monoisotopic (exact) mass is 407 g/mol. The van der Waals surface area contributed by atoms with Crippen LogP contribution in [0.25, 0.3) is 6.08 Å². The Morgan fingerprint density at radius 3 is 2.85 bits per heavy atom. The van der Waals surface area contributed by atoms with Crippen LogP contribution in [0.3, 0.4) is 0 Å². The lowest BCUT2D eigenvalue weighted by atomic mass is 9.95. The zero-order valence-corrected chi connectivity index (χ0v) is 16.4. The van der Waals surface area contributed by atoms with Gasteiger partial charge in [0.15, 0.2) is 0 Å². The number of hydrogen-bond donors (Lipinski definition) is 1. The highest BCUT2D eigenvalue weighted by Crippen LogP contribution is 2.38. The summed E-state index contributed by atoms with van der Waals surface area (Å²) in [6, 6.07) is 4.32. The summed E-state index contributed by atoms with van der Waals surface area (Å²) in [5.74, 6) is -1.39. The Bertz CT molecular complexity index is 887. The fraction of sp³-hybridized carbons (Fsp3) is 0.300. The summed E-state index contributed by atoms with van der Waals surface area (Å²) in [6.45, 7) is 2.01. The predicted molar refractivity (Wildman–Crippen MR) is 106 cm³/mol. The lowest BCUT2D eigenvalue weighted by molar-refractivity contribution is -0.111. The molecule has 1 amide bonds. The van der Waals surface area contributed by atoms with Gasteiger partial charge < -0.3 is 10.1 Å². The Kier molecular flexibility index (Phi) is 6.29.